The van der Waals surface area contributed by atoms with Gasteiger partial charge in [0, 0.05) is 19.3 Å². The van der Waals surface area contributed by atoms with Gasteiger partial charge in [0.15, 0.2) is 0 Å². The third kappa shape index (κ3) is 2.96. The first-order valence-electron chi connectivity index (χ1n) is 5.67. The second kappa shape index (κ2) is 4.43. The van der Waals surface area contributed by atoms with Gasteiger partial charge in [-0.2, -0.15) is 0 Å². The molecule has 76 valence electrons. The van der Waals surface area contributed by atoms with E-state index in [1.54, 1.807) is 0 Å². The van der Waals surface area contributed by atoms with Crippen molar-refractivity contribution in [2.24, 2.45) is 11.8 Å². The van der Waals surface area contributed by atoms with Crippen LogP contribution in [0, 0.1) is 11.8 Å². The Kier molecular flexibility index (Phi) is 3.23. The number of ether oxygens (including phenoxy) is 1. The van der Waals surface area contributed by atoms with E-state index in [1.165, 1.54) is 32.2 Å². The van der Waals surface area contributed by atoms with Gasteiger partial charge in [-0.05, 0) is 44.1 Å². The molecule has 0 spiro atoms. The van der Waals surface area contributed by atoms with Gasteiger partial charge in [-0.15, -0.1) is 0 Å². The van der Waals surface area contributed by atoms with Crippen molar-refractivity contribution in [3.8, 4) is 0 Å². The summed E-state index contributed by atoms with van der Waals surface area (Å²) in [6.07, 6.45) is 5.35. The minimum absolute atomic E-state index is 0.731. The summed E-state index contributed by atoms with van der Waals surface area (Å²) in [6.45, 7) is 5.50. The van der Waals surface area contributed by atoms with Crippen molar-refractivity contribution in [1.29, 1.82) is 0 Å². The van der Waals surface area contributed by atoms with Crippen LogP contribution in [0.25, 0.3) is 0 Å². The summed E-state index contributed by atoms with van der Waals surface area (Å²) < 4.78 is 5.33. The summed E-state index contributed by atoms with van der Waals surface area (Å²) in [5.74, 6) is 1.93. The van der Waals surface area contributed by atoms with Crippen LogP contribution < -0.4 is 5.32 Å². The van der Waals surface area contributed by atoms with Crippen LogP contribution in [0.15, 0.2) is 0 Å². The molecule has 1 saturated heterocycles. The highest BCUT2D eigenvalue weighted by Gasteiger charge is 2.28. The predicted octanol–water partition coefficient (Wildman–Crippen LogP) is 1.80. The Morgan fingerprint density at radius 3 is 2.54 bits per heavy atom. The van der Waals surface area contributed by atoms with E-state index >= 15 is 0 Å². The predicted molar refractivity (Wildman–Crippen MR) is 53.7 cm³/mol. The molecule has 2 nitrogen and oxygen atoms in total. The normalized spacial score (nSPS) is 27.5. The SMILES string of the molecule is CC(CNC1CCOCC1)C1CC1. The topological polar surface area (TPSA) is 21.3 Å². The second-order valence-electron chi connectivity index (χ2n) is 4.61. The molecule has 0 bridgehead atoms. The molecule has 2 heteroatoms. The minimum Gasteiger partial charge on any atom is -0.381 e. The van der Waals surface area contributed by atoms with Crippen LogP contribution in [-0.2, 0) is 4.74 Å². The van der Waals surface area contributed by atoms with E-state index < -0.39 is 0 Å². The molecule has 1 aliphatic carbocycles. The van der Waals surface area contributed by atoms with E-state index in [0.29, 0.717) is 0 Å². The van der Waals surface area contributed by atoms with Crippen molar-refractivity contribution >= 4 is 0 Å². The third-order valence-corrected chi connectivity index (χ3v) is 3.38. The lowest BCUT2D eigenvalue weighted by Gasteiger charge is -2.24. The highest BCUT2D eigenvalue weighted by atomic mass is 16.5. The van der Waals surface area contributed by atoms with E-state index in [1.807, 2.05) is 0 Å². The lowest BCUT2D eigenvalue weighted by atomic mass is 10.0. The zero-order valence-corrected chi connectivity index (χ0v) is 8.59. The molecular formula is C11H21NO. The Morgan fingerprint density at radius 2 is 1.92 bits per heavy atom. The second-order valence-corrected chi connectivity index (χ2v) is 4.61. The highest BCUT2D eigenvalue weighted by Crippen LogP contribution is 2.36. The Bertz CT molecular complexity index is 150. The van der Waals surface area contributed by atoms with Crippen LogP contribution in [0.3, 0.4) is 0 Å². The molecule has 0 aromatic carbocycles. The van der Waals surface area contributed by atoms with Crippen LogP contribution in [0.4, 0.5) is 0 Å². The molecule has 2 fully saturated rings. The Balaban J connectivity index is 1.60. The zero-order valence-electron chi connectivity index (χ0n) is 8.59. The largest absolute Gasteiger partial charge is 0.381 e. The van der Waals surface area contributed by atoms with Crippen molar-refractivity contribution in [1.82, 2.24) is 5.32 Å². The first kappa shape index (κ1) is 9.47. The highest BCUT2D eigenvalue weighted by molar-refractivity contribution is 4.81. The van der Waals surface area contributed by atoms with Gasteiger partial charge in [-0.3, -0.25) is 0 Å². The first-order valence-corrected chi connectivity index (χ1v) is 5.67. The Hall–Kier alpha value is -0.0800. The third-order valence-electron chi connectivity index (χ3n) is 3.38. The standard InChI is InChI=1S/C11H21NO/c1-9(10-2-3-10)8-12-11-4-6-13-7-5-11/h9-12H,2-8H2,1H3. The maximum Gasteiger partial charge on any atom is 0.0480 e. The molecule has 2 rings (SSSR count). The van der Waals surface area contributed by atoms with E-state index in [0.717, 1.165) is 31.1 Å². The van der Waals surface area contributed by atoms with Gasteiger partial charge < -0.3 is 10.1 Å². The Labute approximate surface area is 81.0 Å². The van der Waals surface area contributed by atoms with Crippen molar-refractivity contribution in [3.05, 3.63) is 0 Å². The lowest BCUT2D eigenvalue weighted by Crippen LogP contribution is -2.37. The van der Waals surface area contributed by atoms with Gasteiger partial charge in [-0.1, -0.05) is 6.92 Å². The molecule has 1 unspecified atom stereocenters. The molecule has 1 heterocycles. The van der Waals surface area contributed by atoms with Crippen LogP contribution in [0.2, 0.25) is 0 Å². The first-order chi connectivity index (χ1) is 6.36. The zero-order chi connectivity index (χ0) is 9.10. The quantitative estimate of drug-likeness (QED) is 0.717. The maximum absolute atomic E-state index is 5.33. The molecule has 0 amide bonds. The van der Waals surface area contributed by atoms with Crippen molar-refractivity contribution in [2.75, 3.05) is 19.8 Å². The molecular weight excluding hydrogens is 162 g/mol. The fraction of sp³-hybridized carbons (Fsp3) is 1.00. The van der Waals surface area contributed by atoms with E-state index in [4.69, 9.17) is 4.74 Å². The van der Waals surface area contributed by atoms with Gasteiger partial charge in [0.1, 0.15) is 0 Å². The van der Waals surface area contributed by atoms with Gasteiger partial charge in [0.2, 0.25) is 0 Å². The number of nitrogens with one attached hydrogen (secondary N) is 1. The van der Waals surface area contributed by atoms with Gasteiger partial charge >= 0.3 is 0 Å². The molecule has 1 aliphatic heterocycles. The summed E-state index contributed by atoms with van der Waals surface area (Å²) in [4.78, 5) is 0. The van der Waals surface area contributed by atoms with Gasteiger partial charge in [0.05, 0.1) is 0 Å². The molecule has 1 atom stereocenters. The lowest BCUT2D eigenvalue weighted by molar-refractivity contribution is 0.0769. The average molecular weight is 183 g/mol. The van der Waals surface area contributed by atoms with Crippen LogP contribution >= 0.6 is 0 Å². The summed E-state index contributed by atoms with van der Waals surface area (Å²) >= 11 is 0. The van der Waals surface area contributed by atoms with Crippen molar-refractivity contribution in [3.63, 3.8) is 0 Å². The maximum atomic E-state index is 5.33. The van der Waals surface area contributed by atoms with Crippen LogP contribution in [0.5, 0.6) is 0 Å². The molecule has 2 aliphatic rings. The average Bonchev–Trinajstić information content (AvgIpc) is 2.99. The monoisotopic (exact) mass is 183 g/mol. The van der Waals surface area contributed by atoms with Crippen LogP contribution in [0.1, 0.15) is 32.6 Å². The number of hydrogen-bond acceptors (Lipinski definition) is 2. The van der Waals surface area contributed by atoms with Gasteiger partial charge in [-0.25, -0.2) is 0 Å². The van der Waals surface area contributed by atoms with E-state index in [9.17, 15) is 0 Å². The van der Waals surface area contributed by atoms with Crippen LogP contribution in [-0.4, -0.2) is 25.8 Å². The summed E-state index contributed by atoms with van der Waals surface area (Å²) in [7, 11) is 0. The molecule has 13 heavy (non-hydrogen) atoms. The molecule has 1 saturated carbocycles. The molecule has 0 aromatic heterocycles. The minimum atomic E-state index is 0.731. The number of hydrogen-bond donors (Lipinski definition) is 1. The van der Waals surface area contributed by atoms with Gasteiger partial charge in [0.25, 0.3) is 0 Å². The summed E-state index contributed by atoms with van der Waals surface area (Å²) in [5.41, 5.74) is 0. The molecule has 0 aromatic rings. The molecule has 0 radical (unpaired) electrons. The summed E-state index contributed by atoms with van der Waals surface area (Å²) in [6, 6.07) is 0.731. The Morgan fingerprint density at radius 1 is 1.23 bits per heavy atom. The van der Waals surface area contributed by atoms with E-state index in [-0.39, 0.29) is 0 Å². The van der Waals surface area contributed by atoms with Crippen molar-refractivity contribution < 1.29 is 4.74 Å². The van der Waals surface area contributed by atoms with Crippen molar-refractivity contribution in [2.45, 2.75) is 38.6 Å². The molecule has 1 N–H and O–H groups in total. The number of rotatable bonds is 4. The summed E-state index contributed by atoms with van der Waals surface area (Å²) in [5, 5.41) is 3.66. The fourth-order valence-corrected chi connectivity index (χ4v) is 2.09. The fourth-order valence-electron chi connectivity index (χ4n) is 2.09. The smallest absolute Gasteiger partial charge is 0.0480 e. The van der Waals surface area contributed by atoms with E-state index in [2.05, 4.69) is 12.2 Å².